The molecule has 0 aliphatic carbocycles. The average molecular weight is 512 g/mol. The minimum atomic E-state index is -0.160. The molecule has 0 unspecified atom stereocenters. The van der Waals surface area contributed by atoms with Crippen LogP contribution in [0.3, 0.4) is 0 Å². The number of imidazole rings is 1. The zero-order valence-corrected chi connectivity index (χ0v) is 21.0. The molecule has 5 N–H and O–H groups in total. The first-order valence-corrected chi connectivity index (χ1v) is 12.5. The summed E-state index contributed by atoms with van der Waals surface area (Å²) < 4.78 is 1.99. The van der Waals surface area contributed by atoms with E-state index in [0.717, 1.165) is 33.6 Å². The van der Waals surface area contributed by atoms with Crippen molar-refractivity contribution < 1.29 is 4.79 Å². The SMILES string of the molecule is Nc1ccc(C(=O)NCc2ccc(-n3c(-c4cccnc4N)nc4ccc(-c5ccccc5)nc43)cc2)cc1. The van der Waals surface area contributed by atoms with Gasteiger partial charge in [0.2, 0.25) is 0 Å². The van der Waals surface area contributed by atoms with Crippen molar-refractivity contribution in [2.24, 2.45) is 0 Å². The molecule has 0 fully saturated rings. The lowest BCUT2D eigenvalue weighted by Gasteiger charge is -2.12. The normalized spacial score (nSPS) is 11.0. The highest BCUT2D eigenvalue weighted by atomic mass is 16.1. The van der Waals surface area contributed by atoms with Gasteiger partial charge in [0.1, 0.15) is 11.3 Å². The maximum atomic E-state index is 12.5. The maximum Gasteiger partial charge on any atom is 0.251 e. The van der Waals surface area contributed by atoms with Crippen LogP contribution in [0, 0.1) is 0 Å². The topological polar surface area (TPSA) is 125 Å². The van der Waals surface area contributed by atoms with Crippen molar-refractivity contribution in [3.05, 3.63) is 120 Å². The van der Waals surface area contributed by atoms with E-state index >= 15 is 0 Å². The van der Waals surface area contributed by atoms with Gasteiger partial charge in [-0.25, -0.2) is 15.0 Å². The van der Waals surface area contributed by atoms with Crippen molar-refractivity contribution >= 4 is 28.6 Å². The molecule has 0 aliphatic rings. The molecule has 0 saturated heterocycles. The monoisotopic (exact) mass is 511 g/mol. The molecule has 8 nitrogen and oxygen atoms in total. The van der Waals surface area contributed by atoms with Crippen LogP contribution < -0.4 is 16.8 Å². The van der Waals surface area contributed by atoms with E-state index in [1.807, 2.05) is 83.4 Å². The van der Waals surface area contributed by atoms with Gasteiger partial charge in [-0.05, 0) is 66.2 Å². The highest BCUT2D eigenvalue weighted by Gasteiger charge is 2.18. The van der Waals surface area contributed by atoms with Gasteiger partial charge in [-0.2, -0.15) is 0 Å². The van der Waals surface area contributed by atoms with Gasteiger partial charge in [0.25, 0.3) is 5.91 Å². The summed E-state index contributed by atoms with van der Waals surface area (Å²) in [7, 11) is 0. The molecule has 3 aromatic heterocycles. The van der Waals surface area contributed by atoms with Crippen LogP contribution in [0.1, 0.15) is 15.9 Å². The van der Waals surface area contributed by atoms with Gasteiger partial charge in [-0.3, -0.25) is 9.36 Å². The molecule has 39 heavy (non-hydrogen) atoms. The number of hydrogen-bond donors (Lipinski definition) is 3. The molecule has 0 radical (unpaired) electrons. The van der Waals surface area contributed by atoms with Crippen LogP contribution in [-0.4, -0.2) is 25.4 Å². The fourth-order valence-electron chi connectivity index (χ4n) is 4.44. The van der Waals surface area contributed by atoms with E-state index in [9.17, 15) is 4.79 Å². The van der Waals surface area contributed by atoms with Gasteiger partial charge in [0.05, 0.1) is 11.3 Å². The minimum Gasteiger partial charge on any atom is -0.399 e. The largest absolute Gasteiger partial charge is 0.399 e. The molecule has 3 heterocycles. The standard InChI is InChI=1S/C31H25N7O/c32-23-12-10-22(11-13-23)31(39)35-19-20-8-14-24(15-9-20)38-29(25-7-4-18-34-28(25)33)37-27-17-16-26(36-30(27)38)21-5-2-1-3-6-21/h1-18H,19,32H2,(H2,33,34)(H,35,39). The molecule has 8 heteroatoms. The first kappa shape index (κ1) is 23.9. The summed E-state index contributed by atoms with van der Waals surface area (Å²) >= 11 is 0. The van der Waals surface area contributed by atoms with Crippen LogP contribution in [0.15, 0.2) is 109 Å². The van der Waals surface area contributed by atoms with Crippen molar-refractivity contribution in [2.45, 2.75) is 6.54 Å². The Bertz CT molecular complexity index is 1780. The summed E-state index contributed by atoms with van der Waals surface area (Å²) in [6, 6.07) is 32.5. The lowest BCUT2D eigenvalue weighted by Crippen LogP contribution is -2.22. The third kappa shape index (κ3) is 4.78. The van der Waals surface area contributed by atoms with E-state index in [2.05, 4.69) is 10.3 Å². The minimum absolute atomic E-state index is 0.160. The van der Waals surface area contributed by atoms with Gasteiger partial charge in [-0.15, -0.1) is 0 Å². The molecule has 0 spiro atoms. The number of carbonyl (C=O) groups excluding carboxylic acids is 1. The highest BCUT2D eigenvalue weighted by Crippen LogP contribution is 2.31. The summed E-state index contributed by atoms with van der Waals surface area (Å²) in [4.78, 5) is 26.7. The summed E-state index contributed by atoms with van der Waals surface area (Å²) in [5.74, 6) is 0.878. The van der Waals surface area contributed by atoms with Crippen LogP contribution >= 0.6 is 0 Å². The first-order chi connectivity index (χ1) is 19.1. The number of rotatable bonds is 6. The number of nitrogen functional groups attached to an aromatic ring is 2. The number of aromatic nitrogens is 4. The quantitative estimate of drug-likeness (QED) is 0.263. The zero-order valence-electron chi connectivity index (χ0n) is 21.0. The van der Waals surface area contributed by atoms with Crippen molar-refractivity contribution in [1.29, 1.82) is 0 Å². The Labute approximate surface area is 225 Å². The number of anilines is 2. The lowest BCUT2D eigenvalue weighted by molar-refractivity contribution is 0.0951. The first-order valence-electron chi connectivity index (χ1n) is 12.5. The fourth-order valence-corrected chi connectivity index (χ4v) is 4.44. The van der Waals surface area contributed by atoms with Crippen LogP contribution in [0.2, 0.25) is 0 Å². The van der Waals surface area contributed by atoms with E-state index in [4.69, 9.17) is 21.4 Å². The van der Waals surface area contributed by atoms with Gasteiger partial charge < -0.3 is 16.8 Å². The average Bonchev–Trinajstić information content (AvgIpc) is 3.36. The Morgan fingerprint density at radius 3 is 2.31 bits per heavy atom. The van der Waals surface area contributed by atoms with E-state index in [1.54, 1.807) is 30.5 Å². The van der Waals surface area contributed by atoms with Gasteiger partial charge in [-0.1, -0.05) is 42.5 Å². The second-order valence-electron chi connectivity index (χ2n) is 9.08. The Morgan fingerprint density at radius 1 is 0.795 bits per heavy atom. The molecule has 6 aromatic rings. The molecule has 190 valence electrons. The summed E-state index contributed by atoms with van der Waals surface area (Å²) in [5, 5.41) is 2.95. The fraction of sp³-hybridized carbons (Fsp3) is 0.0323. The molecule has 6 rings (SSSR count). The van der Waals surface area contributed by atoms with Crippen LogP contribution in [0.25, 0.3) is 39.5 Å². The Balaban J connectivity index is 1.37. The Kier molecular flexibility index (Phi) is 6.18. The van der Waals surface area contributed by atoms with Crippen molar-refractivity contribution in [1.82, 2.24) is 24.8 Å². The molecule has 1 amide bonds. The number of nitrogens with two attached hydrogens (primary N) is 2. The summed E-state index contributed by atoms with van der Waals surface area (Å²) in [5.41, 5.74) is 19.0. The van der Waals surface area contributed by atoms with Crippen LogP contribution in [-0.2, 0) is 6.54 Å². The summed E-state index contributed by atoms with van der Waals surface area (Å²) in [6.45, 7) is 0.382. The summed E-state index contributed by atoms with van der Waals surface area (Å²) in [6.07, 6.45) is 1.66. The van der Waals surface area contributed by atoms with Crippen molar-refractivity contribution in [3.8, 4) is 28.3 Å². The number of benzene rings is 3. The van der Waals surface area contributed by atoms with E-state index < -0.39 is 0 Å². The number of pyridine rings is 2. The lowest BCUT2D eigenvalue weighted by atomic mass is 10.1. The van der Waals surface area contributed by atoms with Crippen LogP contribution in [0.5, 0.6) is 0 Å². The molecule has 3 aromatic carbocycles. The van der Waals surface area contributed by atoms with E-state index in [1.165, 1.54) is 0 Å². The second kappa shape index (κ2) is 10.1. The molecular formula is C31H25N7O. The van der Waals surface area contributed by atoms with Gasteiger partial charge >= 0.3 is 0 Å². The molecule has 0 aliphatic heterocycles. The molecular weight excluding hydrogens is 486 g/mol. The highest BCUT2D eigenvalue weighted by molar-refractivity contribution is 5.94. The van der Waals surface area contributed by atoms with Crippen molar-refractivity contribution in [3.63, 3.8) is 0 Å². The second-order valence-corrected chi connectivity index (χ2v) is 9.08. The number of carbonyl (C=O) groups is 1. The third-order valence-electron chi connectivity index (χ3n) is 6.47. The molecule has 0 bridgehead atoms. The van der Waals surface area contributed by atoms with E-state index in [0.29, 0.717) is 35.1 Å². The number of fused-ring (bicyclic) bond motifs is 1. The third-order valence-corrected chi connectivity index (χ3v) is 6.47. The molecule has 0 saturated carbocycles. The number of amides is 1. The predicted octanol–water partition coefficient (Wildman–Crippen LogP) is 5.24. The van der Waals surface area contributed by atoms with E-state index in [-0.39, 0.29) is 5.91 Å². The van der Waals surface area contributed by atoms with Gasteiger partial charge in [0, 0.05) is 35.2 Å². The maximum absolute atomic E-state index is 12.5. The number of nitrogens with one attached hydrogen (secondary N) is 1. The van der Waals surface area contributed by atoms with Crippen molar-refractivity contribution in [2.75, 3.05) is 11.5 Å². The van der Waals surface area contributed by atoms with Crippen LogP contribution in [0.4, 0.5) is 11.5 Å². The van der Waals surface area contributed by atoms with Gasteiger partial charge in [0.15, 0.2) is 11.5 Å². The Morgan fingerprint density at radius 2 is 1.56 bits per heavy atom. The smallest absolute Gasteiger partial charge is 0.251 e. The predicted molar refractivity (Wildman–Crippen MR) is 154 cm³/mol. The zero-order chi connectivity index (χ0) is 26.8. The molecule has 0 atom stereocenters. The Hall–Kier alpha value is -5.50. The number of hydrogen-bond acceptors (Lipinski definition) is 6. The number of nitrogens with zero attached hydrogens (tertiary/aromatic N) is 4.